The normalized spacial score (nSPS) is 15.5. The molecule has 2 nitrogen and oxygen atoms in total. The summed E-state index contributed by atoms with van der Waals surface area (Å²) in [7, 11) is 3.36. The molecule has 22 heavy (non-hydrogen) atoms. The van der Waals surface area contributed by atoms with E-state index in [1.165, 1.54) is 33.0 Å². The van der Waals surface area contributed by atoms with Crippen molar-refractivity contribution in [1.82, 2.24) is 0 Å². The summed E-state index contributed by atoms with van der Waals surface area (Å²) in [6.45, 7) is 2.28. The highest BCUT2D eigenvalue weighted by Crippen LogP contribution is 2.49. The molecule has 0 saturated heterocycles. The topological polar surface area (TPSA) is 18.5 Å². The van der Waals surface area contributed by atoms with Crippen molar-refractivity contribution in [3.63, 3.8) is 0 Å². The maximum absolute atomic E-state index is 5.49. The third-order valence-corrected chi connectivity index (χ3v) is 4.72. The van der Waals surface area contributed by atoms with Crippen LogP contribution < -0.4 is 9.47 Å². The molecule has 1 aliphatic rings. The molecule has 0 amide bonds. The van der Waals surface area contributed by atoms with Gasteiger partial charge in [-0.1, -0.05) is 43.3 Å². The lowest BCUT2D eigenvalue weighted by Gasteiger charge is -2.13. The fourth-order valence-corrected chi connectivity index (χ4v) is 3.60. The second kappa shape index (κ2) is 4.77. The van der Waals surface area contributed by atoms with Crippen molar-refractivity contribution < 1.29 is 9.47 Å². The van der Waals surface area contributed by atoms with E-state index in [2.05, 4.69) is 55.5 Å². The lowest BCUT2D eigenvalue weighted by atomic mass is 9.95. The average Bonchev–Trinajstić information content (AvgIpc) is 2.87. The van der Waals surface area contributed by atoms with Crippen molar-refractivity contribution in [2.45, 2.75) is 12.8 Å². The zero-order valence-electron chi connectivity index (χ0n) is 13.0. The highest BCUT2D eigenvalue weighted by atomic mass is 16.5. The van der Waals surface area contributed by atoms with Gasteiger partial charge in [0.1, 0.15) is 0 Å². The van der Waals surface area contributed by atoms with Crippen LogP contribution in [0.1, 0.15) is 24.0 Å². The fourth-order valence-electron chi connectivity index (χ4n) is 3.60. The summed E-state index contributed by atoms with van der Waals surface area (Å²) in [6.07, 6.45) is 0. The van der Waals surface area contributed by atoms with Crippen LogP contribution in [0.5, 0.6) is 11.5 Å². The number of methoxy groups -OCH3 is 2. The molecule has 0 bridgehead atoms. The van der Waals surface area contributed by atoms with Gasteiger partial charge in [-0.05, 0) is 45.2 Å². The van der Waals surface area contributed by atoms with Gasteiger partial charge in [-0.15, -0.1) is 0 Å². The molecule has 1 aliphatic carbocycles. The van der Waals surface area contributed by atoms with Crippen LogP contribution in [0.25, 0.3) is 21.9 Å². The molecule has 1 unspecified atom stereocenters. The third kappa shape index (κ3) is 1.67. The van der Waals surface area contributed by atoms with E-state index in [4.69, 9.17) is 9.47 Å². The van der Waals surface area contributed by atoms with E-state index in [9.17, 15) is 0 Å². The van der Waals surface area contributed by atoms with Crippen LogP contribution in [0.3, 0.4) is 0 Å². The van der Waals surface area contributed by atoms with Crippen molar-refractivity contribution in [2.24, 2.45) is 0 Å². The zero-order valence-corrected chi connectivity index (χ0v) is 13.0. The first-order valence-electron chi connectivity index (χ1n) is 7.52. The molecule has 0 radical (unpaired) electrons. The summed E-state index contributed by atoms with van der Waals surface area (Å²) in [6, 6.07) is 17.3. The molecule has 2 heteroatoms. The number of hydrogen-bond acceptors (Lipinski definition) is 2. The second-order valence-electron chi connectivity index (χ2n) is 5.77. The molecule has 0 saturated carbocycles. The van der Waals surface area contributed by atoms with Crippen molar-refractivity contribution in [1.29, 1.82) is 0 Å². The lowest BCUT2D eigenvalue weighted by molar-refractivity contribution is 0.356. The standard InChI is InChI=1S/C20H18O2/c1-12-14-6-4-5-7-16(14)20-15(12)9-8-13-10-18(21-2)19(22-3)11-17(13)20/h4-12H,1-3H3. The first kappa shape index (κ1) is 13.2. The molecule has 0 spiro atoms. The van der Waals surface area contributed by atoms with E-state index in [-0.39, 0.29) is 0 Å². The van der Waals surface area contributed by atoms with Gasteiger partial charge in [0.2, 0.25) is 0 Å². The quantitative estimate of drug-likeness (QED) is 0.662. The summed E-state index contributed by atoms with van der Waals surface area (Å²) in [5, 5.41) is 2.41. The number of fused-ring (bicyclic) bond motifs is 5. The van der Waals surface area contributed by atoms with Gasteiger partial charge in [0.05, 0.1) is 14.2 Å². The van der Waals surface area contributed by atoms with E-state index in [1.54, 1.807) is 14.2 Å². The molecule has 0 aromatic heterocycles. The molecule has 3 aromatic carbocycles. The molecule has 0 aliphatic heterocycles. The molecule has 0 fully saturated rings. The Hall–Kier alpha value is -2.48. The van der Waals surface area contributed by atoms with Crippen molar-refractivity contribution in [2.75, 3.05) is 14.2 Å². The van der Waals surface area contributed by atoms with E-state index >= 15 is 0 Å². The van der Waals surface area contributed by atoms with E-state index in [1.807, 2.05) is 0 Å². The average molecular weight is 290 g/mol. The molecular formula is C20H18O2. The summed E-state index contributed by atoms with van der Waals surface area (Å²) >= 11 is 0. The minimum Gasteiger partial charge on any atom is -0.493 e. The predicted octanol–water partition coefficient (Wildman–Crippen LogP) is 4.99. The van der Waals surface area contributed by atoms with Gasteiger partial charge in [-0.2, -0.15) is 0 Å². The monoisotopic (exact) mass is 290 g/mol. The van der Waals surface area contributed by atoms with Crippen LogP contribution in [-0.4, -0.2) is 14.2 Å². The molecule has 0 N–H and O–H groups in total. The minimum absolute atomic E-state index is 0.434. The Morgan fingerprint density at radius 1 is 0.818 bits per heavy atom. The van der Waals surface area contributed by atoms with Gasteiger partial charge in [0.25, 0.3) is 0 Å². The Labute approximate surface area is 130 Å². The SMILES string of the molecule is COc1cc2ccc3c(c2cc1OC)-c1ccccc1C3C. The maximum Gasteiger partial charge on any atom is 0.161 e. The van der Waals surface area contributed by atoms with Crippen LogP contribution in [0.2, 0.25) is 0 Å². The van der Waals surface area contributed by atoms with Gasteiger partial charge in [0.15, 0.2) is 11.5 Å². The molecule has 3 aromatic rings. The van der Waals surface area contributed by atoms with Gasteiger partial charge < -0.3 is 9.47 Å². The molecule has 0 heterocycles. The summed E-state index contributed by atoms with van der Waals surface area (Å²) in [4.78, 5) is 0. The fraction of sp³-hybridized carbons (Fsp3) is 0.200. The zero-order chi connectivity index (χ0) is 15.3. The Kier molecular flexibility index (Phi) is 2.86. The Morgan fingerprint density at radius 2 is 1.55 bits per heavy atom. The number of ether oxygens (including phenoxy) is 2. The van der Waals surface area contributed by atoms with E-state index < -0.39 is 0 Å². The number of benzene rings is 3. The predicted molar refractivity (Wildman–Crippen MR) is 90.0 cm³/mol. The summed E-state index contributed by atoms with van der Waals surface area (Å²) in [5.41, 5.74) is 5.46. The van der Waals surface area contributed by atoms with Gasteiger partial charge in [-0.3, -0.25) is 0 Å². The molecule has 1 atom stereocenters. The van der Waals surface area contributed by atoms with Gasteiger partial charge >= 0.3 is 0 Å². The number of hydrogen-bond donors (Lipinski definition) is 0. The lowest BCUT2D eigenvalue weighted by Crippen LogP contribution is -1.92. The van der Waals surface area contributed by atoms with Crippen LogP contribution in [0.15, 0.2) is 48.5 Å². The molecular weight excluding hydrogens is 272 g/mol. The molecule has 4 rings (SSSR count). The smallest absolute Gasteiger partial charge is 0.161 e. The second-order valence-corrected chi connectivity index (χ2v) is 5.77. The highest BCUT2D eigenvalue weighted by molar-refractivity contribution is 6.03. The largest absolute Gasteiger partial charge is 0.493 e. The van der Waals surface area contributed by atoms with Crippen molar-refractivity contribution in [3.8, 4) is 22.6 Å². The van der Waals surface area contributed by atoms with Crippen LogP contribution in [0, 0.1) is 0 Å². The first-order valence-corrected chi connectivity index (χ1v) is 7.52. The third-order valence-electron chi connectivity index (χ3n) is 4.72. The highest BCUT2D eigenvalue weighted by Gasteiger charge is 2.27. The van der Waals surface area contributed by atoms with Crippen molar-refractivity contribution in [3.05, 3.63) is 59.7 Å². The van der Waals surface area contributed by atoms with E-state index in [0.717, 1.165) is 11.5 Å². The Morgan fingerprint density at radius 3 is 2.32 bits per heavy atom. The van der Waals surface area contributed by atoms with Crippen LogP contribution in [-0.2, 0) is 0 Å². The van der Waals surface area contributed by atoms with E-state index in [0.29, 0.717) is 5.92 Å². The van der Waals surface area contributed by atoms with Crippen molar-refractivity contribution >= 4 is 10.8 Å². The maximum atomic E-state index is 5.49. The number of rotatable bonds is 2. The van der Waals surface area contributed by atoms with Gasteiger partial charge in [0, 0.05) is 5.92 Å². The Balaban J connectivity index is 2.10. The minimum atomic E-state index is 0.434. The molecule has 110 valence electrons. The summed E-state index contributed by atoms with van der Waals surface area (Å²) in [5.74, 6) is 1.98. The first-order chi connectivity index (χ1) is 10.7. The Bertz CT molecular complexity index is 880. The van der Waals surface area contributed by atoms with Crippen LogP contribution in [0.4, 0.5) is 0 Å². The summed E-state index contributed by atoms with van der Waals surface area (Å²) < 4.78 is 10.9. The van der Waals surface area contributed by atoms with Gasteiger partial charge in [-0.25, -0.2) is 0 Å². The van der Waals surface area contributed by atoms with Crippen LogP contribution >= 0.6 is 0 Å².